The molecule has 0 aliphatic carbocycles. The average Bonchev–Trinajstić information content (AvgIpc) is 3.24. The van der Waals surface area contributed by atoms with Crippen LogP contribution < -0.4 is 9.64 Å². The van der Waals surface area contributed by atoms with E-state index in [1.807, 2.05) is 48.5 Å². The van der Waals surface area contributed by atoms with E-state index in [0.717, 1.165) is 35.3 Å². The first-order valence-electron chi connectivity index (χ1n) is 10.5. The van der Waals surface area contributed by atoms with Crippen molar-refractivity contribution in [1.82, 2.24) is 4.90 Å². The number of amides is 2. The van der Waals surface area contributed by atoms with Crippen LogP contribution in [0.15, 0.2) is 78.9 Å². The van der Waals surface area contributed by atoms with Crippen LogP contribution in [0.2, 0.25) is 0 Å². The predicted octanol–water partition coefficient (Wildman–Crippen LogP) is 4.52. The number of benzene rings is 3. The van der Waals surface area contributed by atoms with Crippen LogP contribution in [0.1, 0.15) is 18.4 Å². The van der Waals surface area contributed by atoms with Gasteiger partial charge >= 0.3 is 0 Å². The first-order valence-corrected chi connectivity index (χ1v) is 10.5. The average molecular weight is 415 g/mol. The fraction of sp³-hybridized carbons (Fsp3) is 0.231. The summed E-state index contributed by atoms with van der Waals surface area (Å²) in [5.74, 6) is 0.671. The van der Waals surface area contributed by atoms with Crippen LogP contribution in [0.4, 0.5) is 5.69 Å². The molecule has 0 radical (unpaired) electrons. The van der Waals surface area contributed by atoms with Crippen LogP contribution in [0.5, 0.6) is 5.75 Å². The Morgan fingerprint density at radius 1 is 0.968 bits per heavy atom. The second-order valence-electron chi connectivity index (χ2n) is 7.70. The number of anilines is 1. The highest BCUT2D eigenvalue weighted by Crippen LogP contribution is 2.25. The zero-order valence-corrected chi connectivity index (χ0v) is 17.7. The summed E-state index contributed by atoms with van der Waals surface area (Å²) in [7, 11) is 1.79. The van der Waals surface area contributed by atoms with E-state index < -0.39 is 0 Å². The molecule has 3 aromatic rings. The van der Waals surface area contributed by atoms with Crippen LogP contribution in [-0.4, -0.2) is 36.9 Å². The van der Waals surface area contributed by atoms with Crippen molar-refractivity contribution >= 4 is 17.5 Å². The van der Waals surface area contributed by atoms with Gasteiger partial charge in [-0.3, -0.25) is 9.59 Å². The summed E-state index contributed by atoms with van der Waals surface area (Å²) in [6.07, 6.45) is 1.50. The number of likely N-dealkylation sites (N-methyl/N-ethyl adjacent to an activating group) is 1. The maximum absolute atomic E-state index is 12.6. The van der Waals surface area contributed by atoms with Crippen LogP contribution in [0.3, 0.4) is 0 Å². The predicted molar refractivity (Wildman–Crippen MR) is 122 cm³/mol. The van der Waals surface area contributed by atoms with Gasteiger partial charge in [0, 0.05) is 32.2 Å². The maximum atomic E-state index is 12.6. The third kappa shape index (κ3) is 4.94. The Hall–Kier alpha value is -3.60. The number of hydrogen-bond acceptors (Lipinski definition) is 3. The number of hydrogen-bond donors (Lipinski definition) is 0. The molecule has 1 heterocycles. The standard InChI is InChI=1S/C26H26N2O3/c1-27(18-21-10-5-6-11-24(21)20-8-3-2-4-9-20)26(30)19-31-23-15-13-22(14-16-23)28-17-7-12-25(28)29/h2-6,8-11,13-16H,7,12,17-19H2,1H3. The lowest BCUT2D eigenvalue weighted by molar-refractivity contribution is -0.132. The normalized spacial score (nSPS) is 13.3. The zero-order chi connectivity index (χ0) is 21.6. The first-order chi connectivity index (χ1) is 15.1. The molecule has 1 aliphatic rings. The van der Waals surface area contributed by atoms with Gasteiger partial charge in [-0.25, -0.2) is 0 Å². The van der Waals surface area contributed by atoms with Crippen molar-refractivity contribution in [3.63, 3.8) is 0 Å². The van der Waals surface area contributed by atoms with Crippen LogP contribution in [0.25, 0.3) is 11.1 Å². The number of nitrogens with zero attached hydrogens (tertiary/aromatic N) is 2. The lowest BCUT2D eigenvalue weighted by atomic mass is 9.99. The summed E-state index contributed by atoms with van der Waals surface area (Å²) in [6, 6.07) is 25.6. The maximum Gasteiger partial charge on any atom is 0.260 e. The summed E-state index contributed by atoms with van der Waals surface area (Å²) >= 11 is 0. The molecular weight excluding hydrogens is 388 g/mol. The Morgan fingerprint density at radius 3 is 2.39 bits per heavy atom. The van der Waals surface area contributed by atoms with Gasteiger partial charge in [-0.05, 0) is 47.4 Å². The minimum absolute atomic E-state index is 0.0357. The van der Waals surface area contributed by atoms with Crippen molar-refractivity contribution in [1.29, 1.82) is 0 Å². The minimum atomic E-state index is -0.0957. The molecule has 5 nitrogen and oxygen atoms in total. The van der Waals surface area contributed by atoms with E-state index in [-0.39, 0.29) is 18.4 Å². The Labute approximate surface area is 182 Å². The Morgan fingerprint density at radius 2 is 1.68 bits per heavy atom. The SMILES string of the molecule is CN(Cc1ccccc1-c1ccccc1)C(=O)COc1ccc(N2CCCC2=O)cc1. The fourth-order valence-corrected chi connectivity index (χ4v) is 3.80. The second-order valence-corrected chi connectivity index (χ2v) is 7.70. The van der Waals surface area contributed by atoms with E-state index in [1.165, 1.54) is 0 Å². The van der Waals surface area contributed by atoms with Gasteiger partial charge in [0.25, 0.3) is 5.91 Å². The van der Waals surface area contributed by atoms with Crippen molar-refractivity contribution in [3.8, 4) is 16.9 Å². The molecule has 0 saturated carbocycles. The van der Waals surface area contributed by atoms with Crippen LogP contribution >= 0.6 is 0 Å². The van der Waals surface area contributed by atoms with Gasteiger partial charge in [-0.1, -0.05) is 54.6 Å². The van der Waals surface area contributed by atoms with Gasteiger partial charge < -0.3 is 14.5 Å². The molecular formula is C26H26N2O3. The number of carbonyl (C=O) groups excluding carboxylic acids is 2. The number of carbonyl (C=O) groups is 2. The molecule has 0 bridgehead atoms. The minimum Gasteiger partial charge on any atom is -0.484 e. The molecule has 31 heavy (non-hydrogen) atoms. The molecule has 0 atom stereocenters. The van der Waals surface area contributed by atoms with Gasteiger partial charge in [-0.15, -0.1) is 0 Å². The molecule has 1 aliphatic heterocycles. The van der Waals surface area contributed by atoms with Crippen molar-refractivity contribution in [2.24, 2.45) is 0 Å². The quantitative estimate of drug-likeness (QED) is 0.571. The largest absolute Gasteiger partial charge is 0.484 e. The Balaban J connectivity index is 1.35. The molecule has 0 spiro atoms. The molecule has 0 unspecified atom stereocenters. The Bertz CT molecular complexity index is 1050. The van der Waals surface area contributed by atoms with Gasteiger partial charge in [0.15, 0.2) is 6.61 Å². The van der Waals surface area contributed by atoms with Gasteiger partial charge in [-0.2, -0.15) is 0 Å². The molecule has 158 valence electrons. The number of ether oxygens (including phenoxy) is 1. The third-order valence-electron chi connectivity index (χ3n) is 5.52. The smallest absolute Gasteiger partial charge is 0.260 e. The molecule has 4 rings (SSSR count). The van der Waals surface area contributed by atoms with Crippen molar-refractivity contribution in [2.75, 3.05) is 25.1 Å². The highest BCUT2D eigenvalue weighted by molar-refractivity contribution is 5.95. The first kappa shape index (κ1) is 20.7. The van der Waals surface area contributed by atoms with E-state index in [2.05, 4.69) is 18.2 Å². The number of rotatable bonds is 7. The van der Waals surface area contributed by atoms with E-state index >= 15 is 0 Å². The summed E-state index contributed by atoms with van der Waals surface area (Å²) < 4.78 is 5.69. The summed E-state index contributed by atoms with van der Waals surface area (Å²) in [5.41, 5.74) is 4.21. The highest BCUT2D eigenvalue weighted by Gasteiger charge is 2.21. The Kier molecular flexibility index (Phi) is 6.32. The lowest BCUT2D eigenvalue weighted by Crippen LogP contribution is -2.31. The van der Waals surface area contributed by atoms with Gasteiger partial charge in [0.05, 0.1) is 0 Å². The molecule has 5 heteroatoms. The summed E-state index contributed by atoms with van der Waals surface area (Å²) in [6.45, 7) is 1.22. The van der Waals surface area contributed by atoms with Gasteiger partial charge in [0.2, 0.25) is 5.91 Å². The van der Waals surface area contributed by atoms with Crippen molar-refractivity contribution < 1.29 is 14.3 Å². The van der Waals surface area contributed by atoms with Crippen LogP contribution in [-0.2, 0) is 16.1 Å². The van der Waals surface area contributed by atoms with Crippen molar-refractivity contribution in [3.05, 3.63) is 84.4 Å². The zero-order valence-electron chi connectivity index (χ0n) is 17.7. The molecule has 1 fully saturated rings. The van der Waals surface area contributed by atoms with E-state index in [1.54, 1.807) is 29.0 Å². The fourth-order valence-electron chi connectivity index (χ4n) is 3.80. The monoisotopic (exact) mass is 414 g/mol. The second kappa shape index (κ2) is 9.47. The third-order valence-corrected chi connectivity index (χ3v) is 5.52. The van der Waals surface area contributed by atoms with E-state index in [0.29, 0.717) is 18.7 Å². The highest BCUT2D eigenvalue weighted by atomic mass is 16.5. The van der Waals surface area contributed by atoms with E-state index in [9.17, 15) is 9.59 Å². The molecule has 0 N–H and O–H groups in total. The summed E-state index contributed by atoms with van der Waals surface area (Å²) in [5, 5.41) is 0. The van der Waals surface area contributed by atoms with Crippen LogP contribution in [0, 0.1) is 0 Å². The summed E-state index contributed by atoms with van der Waals surface area (Å²) in [4.78, 5) is 28.0. The lowest BCUT2D eigenvalue weighted by Gasteiger charge is -2.20. The molecule has 2 amide bonds. The molecule has 3 aromatic carbocycles. The molecule has 0 aromatic heterocycles. The van der Waals surface area contributed by atoms with E-state index in [4.69, 9.17) is 4.74 Å². The van der Waals surface area contributed by atoms with Crippen molar-refractivity contribution in [2.45, 2.75) is 19.4 Å². The van der Waals surface area contributed by atoms with Gasteiger partial charge in [0.1, 0.15) is 5.75 Å². The molecule has 1 saturated heterocycles. The topological polar surface area (TPSA) is 49.9 Å².